The second kappa shape index (κ2) is 8.92. The fraction of sp³-hybridized carbons (Fsp3) is 0.500. The Balaban J connectivity index is 0.00000200. The van der Waals surface area contributed by atoms with Gasteiger partial charge in [0.05, 0.1) is 19.8 Å². The van der Waals surface area contributed by atoms with Crippen LogP contribution >= 0.6 is 12.4 Å². The Morgan fingerprint density at radius 1 is 1.30 bits per heavy atom. The molecule has 0 radical (unpaired) electrons. The fourth-order valence-corrected chi connectivity index (χ4v) is 2.06. The van der Waals surface area contributed by atoms with Crippen LogP contribution in [0.15, 0.2) is 30.3 Å². The van der Waals surface area contributed by atoms with E-state index >= 15 is 0 Å². The van der Waals surface area contributed by atoms with Crippen LogP contribution in [0.1, 0.15) is 5.56 Å². The van der Waals surface area contributed by atoms with Crippen molar-refractivity contribution in [2.45, 2.75) is 12.6 Å². The standard InChI is InChI=1S/C14H20N2O3.ClH/c15-6-7-16(10-12-4-2-1-3-5-12)14(17)13-11-18-8-9-19-13;/h1-5,13H,6-11,15H2;1H. The highest BCUT2D eigenvalue weighted by atomic mass is 35.5. The number of hydrogen-bond donors (Lipinski definition) is 1. The minimum absolute atomic E-state index is 0. The van der Waals surface area contributed by atoms with E-state index in [1.807, 2.05) is 30.3 Å². The molecule has 1 aromatic carbocycles. The number of ether oxygens (including phenoxy) is 2. The third-order valence-corrected chi connectivity index (χ3v) is 3.02. The molecule has 1 heterocycles. The second-order valence-corrected chi connectivity index (χ2v) is 4.47. The van der Waals surface area contributed by atoms with Crippen LogP contribution in [0.4, 0.5) is 0 Å². The van der Waals surface area contributed by atoms with Gasteiger partial charge in [0.15, 0.2) is 6.10 Å². The summed E-state index contributed by atoms with van der Waals surface area (Å²) in [4.78, 5) is 14.1. The number of nitrogens with two attached hydrogens (primary N) is 1. The van der Waals surface area contributed by atoms with E-state index in [1.54, 1.807) is 4.90 Å². The third kappa shape index (κ3) is 4.76. The van der Waals surface area contributed by atoms with Gasteiger partial charge in [0.1, 0.15) is 0 Å². The maximum absolute atomic E-state index is 12.4. The molecule has 1 aliphatic heterocycles. The Morgan fingerprint density at radius 3 is 2.65 bits per heavy atom. The number of amides is 1. The van der Waals surface area contributed by atoms with Crippen molar-refractivity contribution in [1.29, 1.82) is 0 Å². The Kier molecular flexibility index (Phi) is 7.54. The molecular formula is C14H21ClN2O3. The van der Waals surface area contributed by atoms with Crippen molar-refractivity contribution >= 4 is 18.3 Å². The van der Waals surface area contributed by atoms with Gasteiger partial charge in [-0.1, -0.05) is 30.3 Å². The molecule has 1 unspecified atom stereocenters. The highest BCUT2D eigenvalue weighted by molar-refractivity contribution is 5.85. The molecule has 1 aromatic rings. The van der Waals surface area contributed by atoms with Crippen molar-refractivity contribution in [1.82, 2.24) is 4.90 Å². The molecule has 1 aliphatic rings. The summed E-state index contributed by atoms with van der Waals surface area (Å²) in [6, 6.07) is 9.86. The number of rotatable bonds is 5. The van der Waals surface area contributed by atoms with Gasteiger partial charge in [-0.05, 0) is 5.56 Å². The lowest BCUT2D eigenvalue weighted by atomic mass is 10.2. The van der Waals surface area contributed by atoms with Crippen LogP contribution in [-0.4, -0.2) is 49.8 Å². The van der Waals surface area contributed by atoms with Gasteiger partial charge in [-0.15, -0.1) is 12.4 Å². The van der Waals surface area contributed by atoms with Crippen molar-refractivity contribution in [3.63, 3.8) is 0 Å². The average molecular weight is 301 g/mol. The first-order valence-corrected chi connectivity index (χ1v) is 6.53. The van der Waals surface area contributed by atoms with Crippen molar-refractivity contribution in [2.24, 2.45) is 5.73 Å². The highest BCUT2D eigenvalue weighted by Crippen LogP contribution is 2.10. The van der Waals surface area contributed by atoms with E-state index in [2.05, 4.69) is 0 Å². The molecule has 1 saturated heterocycles. The molecule has 0 saturated carbocycles. The lowest BCUT2D eigenvalue weighted by Crippen LogP contribution is -2.46. The molecule has 112 valence electrons. The summed E-state index contributed by atoms with van der Waals surface area (Å²) in [5.41, 5.74) is 6.67. The van der Waals surface area contributed by atoms with Crippen molar-refractivity contribution in [3.8, 4) is 0 Å². The zero-order chi connectivity index (χ0) is 13.5. The monoisotopic (exact) mass is 300 g/mol. The Labute approximate surface area is 125 Å². The molecule has 1 fully saturated rings. The normalized spacial score (nSPS) is 18.1. The van der Waals surface area contributed by atoms with Crippen LogP contribution in [0.2, 0.25) is 0 Å². The van der Waals surface area contributed by atoms with E-state index in [-0.39, 0.29) is 18.3 Å². The average Bonchev–Trinajstić information content (AvgIpc) is 2.48. The van der Waals surface area contributed by atoms with E-state index < -0.39 is 6.10 Å². The summed E-state index contributed by atoms with van der Waals surface area (Å²) in [6.07, 6.45) is -0.496. The molecule has 0 spiro atoms. The van der Waals surface area contributed by atoms with Crippen LogP contribution in [0, 0.1) is 0 Å². The highest BCUT2D eigenvalue weighted by Gasteiger charge is 2.27. The van der Waals surface area contributed by atoms with E-state index in [0.29, 0.717) is 39.5 Å². The zero-order valence-electron chi connectivity index (χ0n) is 11.4. The molecule has 6 heteroatoms. The number of carbonyl (C=O) groups is 1. The molecule has 20 heavy (non-hydrogen) atoms. The summed E-state index contributed by atoms with van der Waals surface area (Å²) in [7, 11) is 0. The van der Waals surface area contributed by atoms with Gasteiger partial charge in [0, 0.05) is 19.6 Å². The van der Waals surface area contributed by atoms with Gasteiger partial charge in [-0.25, -0.2) is 0 Å². The summed E-state index contributed by atoms with van der Waals surface area (Å²) < 4.78 is 10.7. The lowest BCUT2D eigenvalue weighted by Gasteiger charge is -2.29. The van der Waals surface area contributed by atoms with Crippen LogP contribution in [0.3, 0.4) is 0 Å². The number of carbonyl (C=O) groups excluding carboxylic acids is 1. The van der Waals surface area contributed by atoms with Crippen LogP contribution in [0.5, 0.6) is 0 Å². The molecule has 0 aromatic heterocycles. The molecule has 1 atom stereocenters. The molecule has 1 amide bonds. The number of halogens is 1. The van der Waals surface area contributed by atoms with E-state index in [9.17, 15) is 4.79 Å². The number of nitrogens with zero attached hydrogens (tertiary/aromatic N) is 1. The molecule has 2 N–H and O–H groups in total. The van der Waals surface area contributed by atoms with Crippen molar-refractivity contribution < 1.29 is 14.3 Å². The second-order valence-electron chi connectivity index (χ2n) is 4.47. The lowest BCUT2D eigenvalue weighted by molar-refractivity contribution is -0.158. The maximum Gasteiger partial charge on any atom is 0.254 e. The number of benzene rings is 1. The minimum atomic E-state index is -0.496. The zero-order valence-corrected chi connectivity index (χ0v) is 12.2. The molecular weight excluding hydrogens is 280 g/mol. The summed E-state index contributed by atoms with van der Waals surface area (Å²) >= 11 is 0. The first-order chi connectivity index (χ1) is 9.31. The summed E-state index contributed by atoms with van der Waals surface area (Å²) in [5.74, 6) is -0.0472. The van der Waals surface area contributed by atoms with Gasteiger partial charge >= 0.3 is 0 Å². The predicted molar refractivity (Wildman–Crippen MR) is 78.7 cm³/mol. The largest absolute Gasteiger partial charge is 0.376 e. The van der Waals surface area contributed by atoms with E-state index in [0.717, 1.165) is 5.56 Å². The van der Waals surface area contributed by atoms with Crippen LogP contribution in [0.25, 0.3) is 0 Å². The van der Waals surface area contributed by atoms with E-state index in [1.165, 1.54) is 0 Å². The Bertz CT molecular complexity index is 397. The Hall–Kier alpha value is -1.14. The van der Waals surface area contributed by atoms with Crippen molar-refractivity contribution in [3.05, 3.63) is 35.9 Å². The smallest absolute Gasteiger partial charge is 0.254 e. The molecule has 2 rings (SSSR count). The Morgan fingerprint density at radius 2 is 2.05 bits per heavy atom. The van der Waals surface area contributed by atoms with Crippen LogP contribution in [-0.2, 0) is 20.8 Å². The van der Waals surface area contributed by atoms with Gasteiger partial charge in [0.2, 0.25) is 0 Å². The quantitative estimate of drug-likeness (QED) is 0.874. The van der Waals surface area contributed by atoms with Crippen molar-refractivity contribution in [2.75, 3.05) is 32.9 Å². The third-order valence-electron chi connectivity index (χ3n) is 3.02. The first-order valence-electron chi connectivity index (χ1n) is 6.53. The van der Waals surface area contributed by atoms with Gasteiger partial charge < -0.3 is 20.1 Å². The van der Waals surface area contributed by atoms with Gasteiger partial charge in [-0.2, -0.15) is 0 Å². The van der Waals surface area contributed by atoms with E-state index in [4.69, 9.17) is 15.2 Å². The summed E-state index contributed by atoms with van der Waals surface area (Å²) in [5, 5.41) is 0. The topological polar surface area (TPSA) is 64.8 Å². The predicted octanol–water partition coefficient (Wildman–Crippen LogP) is 0.811. The minimum Gasteiger partial charge on any atom is -0.376 e. The van der Waals surface area contributed by atoms with Crippen LogP contribution < -0.4 is 5.73 Å². The van der Waals surface area contributed by atoms with Gasteiger partial charge in [-0.3, -0.25) is 4.79 Å². The fourth-order valence-electron chi connectivity index (χ4n) is 2.06. The molecule has 0 aliphatic carbocycles. The summed E-state index contributed by atoms with van der Waals surface area (Å²) in [6.45, 7) is 2.86. The van der Waals surface area contributed by atoms with Gasteiger partial charge in [0.25, 0.3) is 5.91 Å². The maximum atomic E-state index is 12.4. The SMILES string of the molecule is Cl.NCCN(Cc1ccccc1)C(=O)C1COCCO1. The molecule has 5 nitrogen and oxygen atoms in total. The number of hydrogen-bond acceptors (Lipinski definition) is 4. The first kappa shape index (κ1) is 16.9. The molecule has 0 bridgehead atoms.